The lowest BCUT2D eigenvalue weighted by molar-refractivity contribution is -0.256. The van der Waals surface area contributed by atoms with Gasteiger partial charge in [-0.3, -0.25) is 0 Å². The predicted molar refractivity (Wildman–Crippen MR) is 77.3 cm³/mol. The maximum absolute atomic E-state index is 13.6. The normalized spacial score (nSPS) is 17.1. The summed E-state index contributed by atoms with van der Waals surface area (Å²) < 4.78 is 230. The van der Waals surface area contributed by atoms with E-state index in [0.717, 1.165) is 0 Å². The van der Waals surface area contributed by atoms with E-state index in [4.69, 9.17) is 0 Å². The minimum atomic E-state index is -6.47. The Labute approximate surface area is 182 Å². The predicted octanol–water partition coefficient (Wildman–Crippen LogP) is 5.95. The van der Waals surface area contributed by atoms with Gasteiger partial charge in [0.05, 0.1) is 19.6 Å². The smallest absolute Gasteiger partial charge is 0.322 e. The minimum absolute atomic E-state index is 0.129. The van der Waals surface area contributed by atoms with E-state index >= 15 is 0 Å². The molecular formula is C14H12F18N2O. The third kappa shape index (κ3) is 8.87. The number of carbonyl (C=O) groups is 1. The zero-order valence-corrected chi connectivity index (χ0v) is 16.5. The van der Waals surface area contributed by atoms with Gasteiger partial charge in [0.2, 0.25) is 0 Å². The lowest BCUT2D eigenvalue weighted by Gasteiger charge is -2.36. The van der Waals surface area contributed by atoms with Gasteiger partial charge in [-0.25, -0.2) is 44.3 Å². The van der Waals surface area contributed by atoms with Crippen molar-refractivity contribution in [3.05, 3.63) is 0 Å². The molecule has 0 aromatic rings. The Morgan fingerprint density at radius 3 is 1.00 bits per heavy atom. The first kappa shape index (κ1) is 33.0. The fourth-order valence-electron chi connectivity index (χ4n) is 2.28. The first-order valence-electron chi connectivity index (χ1n) is 8.33. The van der Waals surface area contributed by atoms with Gasteiger partial charge in [-0.05, 0) is 0 Å². The summed E-state index contributed by atoms with van der Waals surface area (Å²) in [4.78, 5) is 9.43. The van der Waals surface area contributed by atoms with Gasteiger partial charge in [0.1, 0.15) is 0 Å². The number of rotatable bonds is 9. The Hall–Kier alpha value is -1.99. The van der Waals surface area contributed by atoms with Gasteiger partial charge in [0.15, 0.2) is 0 Å². The van der Waals surface area contributed by atoms with E-state index in [2.05, 4.69) is 0 Å². The average Bonchev–Trinajstić information content (AvgIpc) is 2.61. The van der Waals surface area contributed by atoms with E-state index in [1.165, 1.54) is 0 Å². The van der Waals surface area contributed by atoms with Crippen LogP contribution in [0.1, 0.15) is 0 Å². The van der Waals surface area contributed by atoms with Crippen LogP contribution in [0, 0.1) is 0 Å². The first-order chi connectivity index (χ1) is 15.1. The summed E-state index contributed by atoms with van der Waals surface area (Å²) >= 11 is 0. The summed E-state index contributed by atoms with van der Waals surface area (Å²) in [6.07, 6.45) is -34.9. The molecule has 210 valence electrons. The molecule has 21 heteroatoms. The Morgan fingerprint density at radius 1 is 0.543 bits per heavy atom. The minimum Gasteiger partial charge on any atom is -0.322 e. The second-order valence-corrected chi connectivity index (χ2v) is 6.99. The van der Waals surface area contributed by atoms with Crippen LogP contribution in [0.5, 0.6) is 0 Å². The van der Waals surface area contributed by atoms with Crippen LogP contribution in [0.2, 0.25) is 0 Å². The summed E-state index contributed by atoms with van der Waals surface area (Å²) in [5.41, 5.74) is 0. The molecule has 0 heterocycles. The van der Waals surface area contributed by atoms with Crippen molar-refractivity contribution >= 4 is 6.03 Å². The summed E-state index contributed by atoms with van der Waals surface area (Å²) in [6.45, 7) is -9.27. The van der Waals surface area contributed by atoms with E-state index in [1.807, 2.05) is 0 Å². The van der Waals surface area contributed by atoms with Crippen molar-refractivity contribution in [2.24, 2.45) is 0 Å². The van der Waals surface area contributed by atoms with Crippen LogP contribution < -0.4 is 0 Å². The third-order valence-electron chi connectivity index (χ3n) is 3.82. The summed E-state index contributed by atoms with van der Waals surface area (Å²) in [6, 6.07) is -2.87. The fraction of sp³-hybridized carbons (Fsp3) is 0.929. The topological polar surface area (TPSA) is 23.6 Å². The van der Waals surface area contributed by atoms with Crippen molar-refractivity contribution in [2.45, 2.75) is 54.8 Å². The van der Waals surface area contributed by atoms with Crippen molar-refractivity contribution in [2.75, 3.05) is 26.7 Å². The highest BCUT2D eigenvalue weighted by Gasteiger charge is 2.62. The third-order valence-corrected chi connectivity index (χ3v) is 3.82. The Bertz CT molecular complexity index is 679. The molecule has 0 fully saturated rings. The Morgan fingerprint density at radius 2 is 0.771 bits per heavy atom. The number of amides is 2. The van der Waals surface area contributed by atoms with Crippen molar-refractivity contribution in [1.29, 1.82) is 0 Å². The lowest BCUT2D eigenvalue weighted by Crippen LogP contribution is -2.59. The first-order valence-corrected chi connectivity index (χ1v) is 8.33. The number of alkyl halides is 18. The maximum Gasteiger partial charge on any atom is 0.425 e. The molecule has 35 heavy (non-hydrogen) atoms. The van der Waals surface area contributed by atoms with Gasteiger partial charge in [-0.2, -0.15) is 39.5 Å². The fourth-order valence-corrected chi connectivity index (χ4v) is 2.28. The molecule has 3 nitrogen and oxygen atoms in total. The van der Waals surface area contributed by atoms with Gasteiger partial charge in [0, 0.05) is 7.05 Å². The second-order valence-electron chi connectivity index (χ2n) is 6.99. The quantitative estimate of drug-likeness (QED) is 0.317. The molecule has 0 saturated carbocycles. The Balaban J connectivity index is 6.19. The van der Waals surface area contributed by atoms with Gasteiger partial charge < -0.3 is 9.80 Å². The largest absolute Gasteiger partial charge is 0.425 e. The molecule has 0 radical (unpaired) electrons. The van der Waals surface area contributed by atoms with E-state index < -0.39 is 90.3 Å². The van der Waals surface area contributed by atoms with Crippen molar-refractivity contribution in [3.63, 3.8) is 0 Å². The standard InChI is InChI=1S/C14H12F18N2O/c1-33(2-9(18,19)5(15)12(24,25)26)8(35)34(3-10(20,21)6(16)13(27,28)29)4-11(22,23)7(17)14(30,31)32/h5-7H,2-4H2,1H3. The van der Waals surface area contributed by atoms with E-state index in [1.54, 1.807) is 0 Å². The second kappa shape index (κ2) is 10.2. The molecule has 3 unspecified atom stereocenters. The highest BCUT2D eigenvalue weighted by molar-refractivity contribution is 5.74. The van der Waals surface area contributed by atoms with Crippen molar-refractivity contribution in [3.8, 4) is 0 Å². The highest BCUT2D eigenvalue weighted by Crippen LogP contribution is 2.39. The van der Waals surface area contributed by atoms with Crippen LogP contribution in [0.4, 0.5) is 83.8 Å². The number of carbonyl (C=O) groups excluding carboxylic acids is 1. The highest BCUT2D eigenvalue weighted by atomic mass is 19.4. The van der Waals surface area contributed by atoms with E-state index in [0.29, 0.717) is 0 Å². The van der Waals surface area contributed by atoms with Crippen molar-refractivity contribution < 1.29 is 83.8 Å². The molecule has 2 amide bonds. The molecule has 0 N–H and O–H groups in total. The molecule has 0 aliphatic heterocycles. The molecule has 0 saturated heterocycles. The van der Waals surface area contributed by atoms with Crippen LogP contribution in [-0.4, -0.2) is 97.3 Å². The molecular weight excluding hydrogens is 554 g/mol. The van der Waals surface area contributed by atoms with E-state index in [9.17, 15) is 83.8 Å². The summed E-state index contributed by atoms with van der Waals surface area (Å²) in [7, 11) is -0.129. The average molecular weight is 566 g/mol. The number of urea groups is 1. The molecule has 0 bridgehead atoms. The van der Waals surface area contributed by atoms with Gasteiger partial charge in [-0.1, -0.05) is 0 Å². The van der Waals surface area contributed by atoms with Crippen LogP contribution in [-0.2, 0) is 0 Å². The van der Waals surface area contributed by atoms with Crippen LogP contribution in [0.25, 0.3) is 0 Å². The maximum atomic E-state index is 13.6. The number of hydrogen-bond acceptors (Lipinski definition) is 1. The molecule has 0 aliphatic carbocycles. The molecule has 0 aromatic carbocycles. The zero-order chi connectivity index (χ0) is 28.6. The van der Waals surface area contributed by atoms with Crippen molar-refractivity contribution in [1.82, 2.24) is 9.80 Å². The molecule has 0 aliphatic rings. The van der Waals surface area contributed by atoms with E-state index in [-0.39, 0.29) is 7.05 Å². The summed E-state index contributed by atoms with van der Waals surface area (Å²) in [5, 5.41) is 0. The van der Waals surface area contributed by atoms with Gasteiger partial charge in [-0.15, -0.1) is 0 Å². The number of nitrogens with zero attached hydrogens (tertiary/aromatic N) is 2. The van der Waals surface area contributed by atoms with Crippen LogP contribution in [0.15, 0.2) is 0 Å². The molecule has 0 spiro atoms. The van der Waals surface area contributed by atoms with Gasteiger partial charge in [0.25, 0.3) is 18.5 Å². The summed E-state index contributed by atoms with van der Waals surface area (Å²) in [5.74, 6) is -17.6. The van der Waals surface area contributed by atoms with Crippen LogP contribution >= 0.6 is 0 Å². The lowest BCUT2D eigenvalue weighted by atomic mass is 10.1. The van der Waals surface area contributed by atoms with Crippen LogP contribution in [0.3, 0.4) is 0 Å². The molecule has 3 atom stereocenters. The number of hydrogen-bond donors (Lipinski definition) is 0. The molecule has 0 aromatic heterocycles. The Kier molecular flexibility index (Phi) is 9.59. The SMILES string of the molecule is CN(CC(F)(F)C(F)C(F)(F)F)C(=O)N(CC(F)(F)C(F)C(F)(F)F)CC(F)(F)C(F)C(F)(F)F. The monoisotopic (exact) mass is 566 g/mol. The molecule has 0 rings (SSSR count). The zero-order valence-electron chi connectivity index (χ0n) is 16.5. The van der Waals surface area contributed by atoms with Gasteiger partial charge >= 0.3 is 42.3 Å². The number of halogens is 18.